The molecule has 0 aliphatic carbocycles. The Kier molecular flexibility index (Phi) is 5.13. The predicted molar refractivity (Wildman–Crippen MR) is 70.2 cm³/mol. The van der Waals surface area contributed by atoms with Gasteiger partial charge in [-0.05, 0) is 24.8 Å². The molecule has 0 unspecified atom stereocenters. The van der Waals surface area contributed by atoms with Gasteiger partial charge in [0.15, 0.2) is 0 Å². The molecular formula is C12H20Cl2N2. The Bertz CT molecular complexity index is 317. The number of halogens is 2. The Morgan fingerprint density at radius 3 is 2.38 bits per heavy atom. The van der Waals surface area contributed by atoms with E-state index in [4.69, 9.17) is 23.2 Å². The van der Waals surface area contributed by atoms with E-state index in [1.54, 1.807) is 0 Å². The molecule has 0 spiro atoms. The van der Waals surface area contributed by atoms with Gasteiger partial charge in [-0.1, -0.05) is 13.8 Å². The van der Waals surface area contributed by atoms with Crippen LogP contribution in [0.25, 0.3) is 0 Å². The molecule has 0 bridgehead atoms. The van der Waals surface area contributed by atoms with Crippen LogP contribution in [0.5, 0.6) is 0 Å². The normalized spacial score (nSPS) is 12.4. The van der Waals surface area contributed by atoms with Crippen LogP contribution in [-0.2, 0) is 13.5 Å². The molecule has 0 saturated heterocycles. The monoisotopic (exact) mass is 262 g/mol. The SMILES string of the molecule is CC(C)C(CCl)(CCl)CCc1ccnn1C. The largest absolute Gasteiger partial charge is 0.273 e. The first kappa shape index (κ1) is 13.9. The number of alkyl halides is 2. The molecule has 0 aliphatic heterocycles. The predicted octanol–water partition coefficient (Wildman–Crippen LogP) is 3.47. The molecule has 0 fully saturated rings. The summed E-state index contributed by atoms with van der Waals surface area (Å²) in [5.41, 5.74) is 1.27. The molecule has 16 heavy (non-hydrogen) atoms. The van der Waals surface area contributed by atoms with E-state index in [0.29, 0.717) is 17.7 Å². The van der Waals surface area contributed by atoms with Crippen molar-refractivity contribution in [3.05, 3.63) is 18.0 Å². The minimum Gasteiger partial charge on any atom is -0.273 e. The molecule has 1 aromatic heterocycles. The molecule has 0 atom stereocenters. The molecule has 0 N–H and O–H groups in total. The van der Waals surface area contributed by atoms with Gasteiger partial charge in [0.1, 0.15) is 0 Å². The van der Waals surface area contributed by atoms with E-state index >= 15 is 0 Å². The van der Waals surface area contributed by atoms with Crippen molar-refractivity contribution in [2.24, 2.45) is 18.4 Å². The number of nitrogens with zero attached hydrogens (tertiary/aromatic N) is 2. The fraction of sp³-hybridized carbons (Fsp3) is 0.750. The Labute approximate surface area is 108 Å². The van der Waals surface area contributed by atoms with Crippen molar-refractivity contribution in [2.75, 3.05) is 11.8 Å². The first-order valence-corrected chi connectivity index (χ1v) is 6.71. The van der Waals surface area contributed by atoms with E-state index in [-0.39, 0.29) is 5.41 Å². The van der Waals surface area contributed by atoms with Gasteiger partial charge in [-0.15, -0.1) is 23.2 Å². The molecular weight excluding hydrogens is 243 g/mol. The van der Waals surface area contributed by atoms with Gasteiger partial charge in [0, 0.05) is 36.1 Å². The number of aromatic nitrogens is 2. The Balaban J connectivity index is 2.67. The van der Waals surface area contributed by atoms with Crippen LogP contribution in [0.15, 0.2) is 12.3 Å². The number of aryl methyl sites for hydroxylation is 2. The highest BCUT2D eigenvalue weighted by Crippen LogP contribution is 2.35. The number of rotatable bonds is 6. The molecule has 4 heteroatoms. The van der Waals surface area contributed by atoms with E-state index in [0.717, 1.165) is 12.8 Å². The lowest BCUT2D eigenvalue weighted by molar-refractivity contribution is 0.238. The van der Waals surface area contributed by atoms with Gasteiger partial charge >= 0.3 is 0 Å². The average Bonchev–Trinajstić information content (AvgIpc) is 2.66. The zero-order chi connectivity index (χ0) is 12.2. The highest BCUT2D eigenvalue weighted by atomic mass is 35.5. The summed E-state index contributed by atoms with van der Waals surface area (Å²) in [6.07, 6.45) is 3.82. The van der Waals surface area contributed by atoms with Gasteiger partial charge in [0.2, 0.25) is 0 Å². The van der Waals surface area contributed by atoms with Gasteiger partial charge in [0.05, 0.1) is 0 Å². The summed E-state index contributed by atoms with van der Waals surface area (Å²) in [7, 11) is 1.97. The van der Waals surface area contributed by atoms with Crippen LogP contribution in [-0.4, -0.2) is 21.5 Å². The summed E-state index contributed by atoms with van der Waals surface area (Å²) in [6.45, 7) is 4.38. The quantitative estimate of drug-likeness (QED) is 0.718. The highest BCUT2D eigenvalue weighted by molar-refractivity contribution is 6.21. The summed E-state index contributed by atoms with van der Waals surface area (Å²) in [6, 6.07) is 2.05. The second kappa shape index (κ2) is 5.92. The molecule has 1 heterocycles. The zero-order valence-corrected chi connectivity index (χ0v) is 11.7. The second-order valence-corrected chi connectivity index (χ2v) is 5.27. The standard InChI is InChI=1S/C12H20Cl2N2/c1-10(2)12(8-13,9-14)6-4-11-5-7-15-16(11)3/h5,7,10H,4,6,8-9H2,1-3H3. The maximum Gasteiger partial charge on any atom is 0.0492 e. The van der Waals surface area contributed by atoms with E-state index in [1.807, 2.05) is 24.0 Å². The Hall–Kier alpha value is -0.210. The first-order valence-electron chi connectivity index (χ1n) is 5.64. The Morgan fingerprint density at radius 2 is 2.00 bits per heavy atom. The average molecular weight is 263 g/mol. The molecule has 1 rings (SSSR count). The van der Waals surface area contributed by atoms with Gasteiger partial charge in [0.25, 0.3) is 0 Å². The van der Waals surface area contributed by atoms with E-state index in [9.17, 15) is 0 Å². The Morgan fingerprint density at radius 1 is 1.38 bits per heavy atom. The lowest BCUT2D eigenvalue weighted by Crippen LogP contribution is -2.32. The van der Waals surface area contributed by atoms with E-state index in [2.05, 4.69) is 18.9 Å². The van der Waals surface area contributed by atoms with Crippen molar-refractivity contribution in [1.82, 2.24) is 9.78 Å². The van der Waals surface area contributed by atoms with E-state index < -0.39 is 0 Å². The van der Waals surface area contributed by atoms with Gasteiger partial charge in [-0.25, -0.2) is 0 Å². The van der Waals surface area contributed by atoms with Crippen molar-refractivity contribution in [1.29, 1.82) is 0 Å². The number of hydrogen-bond acceptors (Lipinski definition) is 1. The summed E-state index contributed by atoms with van der Waals surface area (Å²) >= 11 is 12.2. The fourth-order valence-corrected chi connectivity index (χ4v) is 2.96. The minimum absolute atomic E-state index is 0.0351. The van der Waals surface area contributed by atoms with Gasteiger partial charge in [-0.2, -0.15) is 5.10 Å². The van der Waals surface area contributed by atoms with E-state index in [1.165, 1.54) is 5.69 Å². The maximum atomic E-state index is 6.09. The van der Waals surface area contributed by atoms with Crippen molar-refractivity contribution in [2.45, 2.75) is 26.7 Å². The lowest BCUT2D eigenvalue weighted by Gasteiger charge is -2.34. The van der Waals surface area contributed by atoms with Crippen LogP contribution in [0.4, 0.5) is 0 Å². The third kappa shape index (κ3) is 2.92. The third-order valence-corrected chi connectivity index (χ3v) is 4.62. The second-order valence-electron chi connectivity index (χ2n) is 4.73. The third-order valence-electron chi connectivity index (χ3n) is 3.56. The van der Waals surface area contributed by atoms with Crippen molar-refractivity contribution >= 4 is 23.2 Å². The van der Waals surface area contributed by atoms with Crippen molar-refractivity contribution in [3.63, 3.8) is 0 Å². The van der Waals surface area contributed by atoms with Crippen LogP contribution in [0.1, 0.15) is 26.0 Å². The highest BCUT2D eigenvalue weighted by Gasteiger charge is 2.31. The summed E-state index contributed by atoms with van der Waals surface area (Å²) in [4.78, 5) is 0. The number of hydrogen-bond donors (Lipinski definition) is 0. The molecule has 0 aliphatic rings. The smallest absolute Gasteiger partial charge is 0.0492 e. The summed E-state index contributed by atoms with van der Waals surface area (Å²) < 4.78 is 1.91. The van der Waals surface area contributed by atoms with Gasteiger partial charge < -0.3 is 0 Å². The summed E-state index contributed by atoms with van der Waals surface area (Å²) in [5, 5.41) is 4.16. The van der Waals surface area contributed by atoms with Crippen LogP contribution < -0.4 is 0 Å². The minimum atomic E-state index is 0.0351. The molecule has 0 radical (unpaired) electrons. The van der Waals surface area contributed by atoms with Crippen LogP contribution >= 0.6 is 23.2 Å². The topological polar surface area (TPSA) is 17.8 Å². The molecule has 2 nitrogen and oxygen atoms in total. The molecule has 0 amide bonds. The summed E-state index contributed by atoms with van der Waals surface area (Å²) in [5.74, 6) is 1.73. The van der Waals surface area contributed by atoms with Gasteiger partial charge in [-0.3, -0.25) is 4.68 Å². The van der Waals surface area contributed by atoms with Crippen molar-refractivity contribution < 1.29 is 0 Å². The molecule has 92 valence electrons. The lowest BCUT2D eigenvalue weighted by atomic mass is 9.76. The zero-order valence-electron chi connectivity index (χ0n) is 10.2. The maximum absolute atomic E-state index is 6.09. The fourth-order valence-electron chi connectivity index (χ4n) is 1.79. The first-order chi connectivity index (χ1) is 7.55. The molecule has 0 saturated carbocycles. The van der Waals surface area contributed by atoms with Crippen LogP contribution in [0, 0.1) is 11.3 Å². The van der Waals surface area contributed by atoms with Crippen LogP contribution in [0.2, 0.25) is 0 Å². The molecule has 1 aromatic rings. The molecule has 0 aromatic carbocycles. The van der Waals surface area contributed by atoms with Crippen LogP contribution in [0.3, 0.4) is 0 Å². The van der Waals surface area contributed by atoms with Crippen molar-refractivity contribution in [3.8, 4) is 0 Å².